The Labute approximate surface area is 235 Å². The zero-order valence-electron chi connectivity index (χ0n) is 22.5. The molecule has 0 aliphatic carbocycles. The first-order chi connectivity index (χ1) is 19.7. The van der Waals surface area contributed by atoms with Crippen LogP contribution in [0.5, 0.6) is 0 Å². The zero-order valence-corrected chi connectivity index (χ0v) is 22.5. The van der Waals surface area contributed by atoms with Gasteiger partial charge in [0.05, 0.1) is 0 Å². The molecule has 1 nitrogen and oxygen atoms in total. The third-order valence-electron chi connectivity index (χ3n) is 7.71. The van der Waals surface area contributed by atoms with Crippen LogP contribution >= 0.6 is 0 Å². The van der Waals surface area contributed by atoms with Crippen LogP contribution in [-0.4, -0.2) is 0 Å². The maximum atomic E-state index is 2.37. The molecule has 7 aromatic rings. The van der Waals surface area contributed by atoms with Crippen LogP contribution in [0.4, 0.5) is 17.1 Å². The van der Waals surface area contributed by atoms with Gasteiger partial charge in [-0.25, -0.2) is 0 Å². The van der Waals surface area contributed by atoms with Crippen molar-refractivity contribution in [2.24, 2.45) is 0 Å². The summed E-state index contributed by atoms with van der Waals surface area (Å²) in [7, 11) is 0. The second-order valence-corrected chi connectivity index (χ2v) is 10.3. The highest BCUT2D eigenvalue weighted by molar-refractivity contribution is 6.01. The van der Waals surface area contributed by atoms with Gasteiger partial charge in [0.2, 0.25) is 0 Å². The molecule has 190 valence electrons. The molecule has 0 spiro atoms. The van der Waals surface area contributed by atoms with Crippen molar-refractivity contribution in [3.63, 3.8) is 0 Å². The number of hydrogen-bond acceptors (Lipinski definition) is 1. The van der Waals surface area contributed by atoms with Gasteiger partial charge in [-0.05, 0) is 87.1 Å². The predicted octanol–water partition coefficient (Wildman–Crippen LogP) is 11.1. The molecule has 0 aliphatic rings. The Bertz CT molecular complexity index is 1930. The Morgan fingerprint density at radius 1 is 0.375 bits per heavy atom. The fraction of sp³-hybridized carbons (Fsp3) is 0.0256. The van der Waals surface area contributed by atoms with E-state index in [1.807, 2.05) is 0 Å². The lowest BCUT2D eigenvalue weighted by atomic mass is 9.96. The summed E-state index contributed by atoms with van der Waals surface area (Å²) in [6.07, 6.45) is 0. The molecule has 0 aromatic heterocycles. The highest BCUT2D eigenvalue weighted by Gasteiger charge is 2.16. The number of hydrogen-bond donors (Lipinski definition) is 0. The quantitative estimate of drug-likeness (QED) is 0.222. The van der Waals surface area contributed by atoms with Crippen molar-refractivity contribution in [2.75, 3.05) is 4.90 Å². The molecule has 0 amide bonds. The van der Waals surface area contributed by atoms with Crippen LogP contribution in [0.2, 0.25) is 0 Å². The van der Waals surface area contributed by atoms with Gasteiger partial charge in [-0.1, -0.05) is 127 Å². The molecule has 0 radical (unpaired) electrons. The lowest BCUT2D eigenvalue weighted by Gasteiger charge is -2.27. The van der Waals surface area contributed by atoms with Crippen LogP contribution in [0, 0.1) is 6.92 Å². The van der Waals surface area contributed by atoms with E-state index in [-0.39, 0.29) is 0 Å². The van der Waals surface area contributed by atoms with Gasteiger partial charge in [-0.2, -0.15) is 0 Å². The van der Waals surface area contributed by atoms with E-state index in [0.717, 1.165) is 17.1 Å². The van der Waals surface area contributed by atoms with E-state index in [9.17, 15) is 0 Å². The van der Waals surface area contributed by atoms with Crippen molar-refractivity contribution in [3.8, 4) is 22.3 Å². The number of anilines is 3. The van der Waals surface area contributed by atoms with Crippen LogP contribution in [0.3, 0.4) is 0 Å². The average Bonchev–Trinajstić information content (AvgIpc) is 3.02. The Kier molecular flexibility index (Phi) is 6.11. The second-order valence-electron chi connectivity index (χ2n) is 10.3. The Morgan fingerprint density at radius 3 is 1.65 bits per heavy atom. The number of rotatable bonds is 5. The summed E-state index contributed by atoms with van der Waals surface area (Å²) in [6.45, 7) is 2.14. The molecule has 40 heavy (non-hydrogen) atoms. The van der Waals surface area contributed by atoms with E-state index < -0.39 is 0 Å². The third-order valence-corrected chi connectivity index (χ3v) is 7.71. The molecular weight excluding hydrogens is 482 g/mol. The van der Waals surface area contributed by atoms with Gasteiger partial charge in [0.1, 0.15) is 0 Å². The van der Waals surface area contributed by atoms with Crippen molar-refractivity contribution >= 4 is 38.6 Å². The van der Waals surface area contributed by atoms with E-state index in [2.05, 4.69) is 170 Å². The Balaban J connectivity index is 1.40. The van der Waals surface area contributed by atoms with E-state index in [4.69, 9.17) is 0 Å². The highest BCUT2D eigenvalue weighted by atomic mass is 15.1. The SMILES string of the molecule is Cc1ccc(N(c2ccc(-c3cccc4ccccc34)cc2)c2cc(-c3ccccc3)c3ccccc3c2)cc1. The summed E-state index contributed by atoms with van der Waals surface area (Å²) in [4.78, 5) is 2.37. The summed E-state index contributed by atoms with van der Waals surface area (Å²) in [6, 6.07) is 56.9. The minimum atomic E-state index is 1.13. The fourth-order valence-electron chi connectivity index (χ4n) is 5.69. The molecule has 0 fully saturated rings. The number of fused-ring (bicyclic) bond motifs is 2. The average molecular weight is 512 g/mol. The monoisotopic (exact) mass is 511 g/mol. The van der Waals surface area contributed by atoms with Crippen LogP contribution in [-0.2, 0) is 0 Å². The van der Waals surface area contributed by atoms with Crippen molar-refractivity contribution in [1.82, 2.24) is 0 Å². The molecule has 0 atom stereocenters. The standard InChI is InChI=1S/C39H29N/c1-28-18-22-33(23-19-28)40(34-24-20-31(21-25-34)37-17-9-14-29-12-5-7-15-36(29)37)35-26-32-13-6-8-16-38(32)39(27-35)30-10-3-2-4-11-30/h2-27H,1H3. The molecule has 0 saturated heterocycles. The smallest absolute Gasteiger partial charge is 0.0474 e. The molecule has 0 N–H and O–H groups in total. The van der Waals surface area contributed by atoms with Crippen molar-refractivity contribution in [2.45, 2.75) is 6.92 Å². The molecule has 1 heteroatoms. The molecule has 7 aromatic carbocycles. The van der Waals surface area contributed by atoms with Crippen molar-refractivity contribution in [3.05, 3.63) is 163 Å². The first-order valence-corrected chi connectivity index (χ1v) is 13.8. The maximum Gasteiger partial charge on any atom is 0.0474 e. The van der Waals surface area contributed by atoms with Crippen molar-refractivity contribution < 1.29 is 0 Å². The lowest BCUT2D eigenvalue weighted by Crippen LogP contribution is -2.10. The van der Waals surface area contributed by atoms with E-state index in [0.29, 0.717) is 0 Å². The number of aryl methyl sites for hydroxylation is 1. The Morgan fingerprint density at radius 2 is 0.925 bits per heavy atom. The highest BCUT2D eigenvalue weighted by Crippen LogP contribution is 2.41. The zero-order chi connectivity index (χ0) is 26.9. The van der Waals surface area contributed by atoms with E-state index in [1.165, 1.54) is 49.4 Å². The predicted molar refractivity (Wildman–Crippen MR) is 172 cm³/mol. The number of nitrogens with zero attached hydrogens (tertiary/aromatic N) is 1. The van der Waals surface area contributed by atoms with Gasteiger partial charge in [0.25, 0.3) is 0 Å². The first kappa shape index (κ1) is 23.9. The summed E-state index contributed by atoms with van der Waals surface area (Å²) >= 11 is 0. The summed E-state index contributed by atoms with van der Waals surface area (Å²) in [5, 5.41) is 5.01. The van der Waals surface area contributed by atoms with Crippen LogP contribution in [0.25, 0.3) is 43.8 Å². The summed E-state index contributed by atoms with van der Waals surface area (Å²) in [5.41, 5.74) is 9.57. The maximum absolute atomic E-state index is 2.37. The van der Waals surface area contributed by atoms with Gasteiger partial charge >= 0.3 is 0 Å². The molecular formula is C39H29N. The largest absolute Gasteiger partial charge is 0.310 e. The summed E-state index contributed by atoms with van der Waals surface area (Å²) in [5.74, 6) is 0. The molecule has 0 unspecified atom stereocenters. The summed E-state index contributed by atoms with van der Waals surface area (Å²) < 4.78 is 0. The molecule has 0 saturated carbocycles. The molecule has 0 aliphatic heterocycles. The van der Waals surface area contributed by atoms with Gasteiger partial charge < -0.3 is 4.90 Å². The molecule has 0 bridgehead atoms. The normalized spacial score (nSPS) is 11.1. The van der Waals surface area contributed by atoms with Crippen LogP contribution in [0.1, 0.15) is 5.56 Å². The van der Waals surface area contributed by atoms with E-state index >= 15 is 0 Å². The topological polar surface area (TPSA) is 3.24 Å². The minimum Gasteiger partial charge on any atom is -0.310 e. The van der Waals surface area contributed by atoms with Crippen LogP contribution in [0.15, 0.2) is 158 Å². The number of benzene rings is 7. The van der Waals surface area contributed by atoms with Gasteiger partial charge in [0.15, 0.2) is 0 Å². The molecule has 7 rings (SSSR count). The fourth-order valence-corrected chi connectivity index (χ4v) is 5.69. The van der Waals surface area contributed by atoms with Crippen LogP contribution < -0.4 is 4.90 Å². The van der Waals surface area contributed by atoms with Gasteiger partial charge in [-0.3, -0.25) is 0 Å². The Hall–Kier alpha value is -5.14. The van der Waals surface area contributed by atoms with Gasteiger partial charge in [0, 0.05) is 17.1 Å². The first-order valence-electron chi connectivity index (χ1n) is 13.8. The third kappa shape index (κ3) is 4.42. The van der Waals surface area contributed by atoms with Gasteiger partial charge in [-0.15, -0.1) is 0 Å². The van der Waals surface area contributed by atoms with Crippen molar-refractivity contribution in [1.29, 1.82) is 0 Å². The van der Waals surface area contributed by atoms with E-state index in [1.54, 1.807) is 0 Å². The minimum absolute atomic E-state index is 1.13. The second kappa shape index (κ2) is 10.2. The lowest BCUT2D eigenvalue weighted by molar-refractivity contribution is 1.28. The molecule has 0 heterocycles.